The van der Waals surface area contributed by atoms with Gasteiger partial charge in [0.1, 0.15) is 11.8 Å². The largest absolute Gasteiger partial charge is 0.494 e. The number of carbonyl (C=O) groups excluding carboxylic acids is 2. The molecule has 0 aliphatic heterocycles. The fourth-order valence-electron chi connectivity index (χ4n) is 3.91. The standard InChI is InChI=1S/C30H35BrN2O3/c1-30(2,3)32-29(35)27(21-23-12-6-4-7-13-23)33(22-24-14-10-15-25(31)20-24)28(34)18-11-19-36-26-16-8-5-9-17-26/h4-10,12-17,20,27H,11,18-19,21-22H2,1-3H3,(H,32,35)/t27-/m0/s1. The maximum atomic E-state index is 13.6. The first-order chi connectivity index (χ1) is 17.2. The number of nitrogens with one attached hydrogen (secondary N) is 1. The molecule has 3 aromatic rings. The molecule has 2 amide bonds. The van der Waals surface area contributed by atoms with Crippen LogP contribution in [0.5, 0.6) is 5.75 Å². The number of ether oxygens (including phenoxy) is 1. The first-order valence-electron chi connectivity index (χ1n) is 12.3. The highest BCUT2D eigenvalue weighted by molar-refractivity contribution is 9.10. The van der Waals surface area contributed by atoms with Crippen LogP contribution in [0.3, 0.4) is 0 Å². The lowest BCUT2D eigenvalue weighted by atomic mass is 10.00. The van der Waals surface area contributed by atoms with Crippen LogP contribution in [-0.2, 0) is 22.6 Å². The predicted molar refractivity (Wildman–Crippen MR) is 148 cm³/mol. The fraction of sp³-hybridized carbons (Fsp3) is 0.333. The normalized spacial score (nSPS) is 12.0. The van der Waals surface area contributed by atoms with Crippen LogP contribution in [0.1, 0.15) is 44.7 Å². The molecule has 0 aliphatic rings. The summed E-state index contributed by atoms with van der Waals surface area (Å²) in [6, 6.07) is 26.6. The third-order valence-electron chi connectivity index (χ3n) is 5.56. The van der Waals surface area contributed by atoms with E-state index in [0.717, 1.165) is 21.3 Å². The SMILES string of the molecule is CC(C)(C)NC(=O)[C@H](Cc1ccccc1)N(Cc1cccc(Br)c1)C(=O)CCCOc1ccccc1. The molecule has 36 heavy (non-hydrogen) atoms. The summed E-state index contributed by atoms with van der Waals surface area (Å²) in [7, 11) is 0. The Hall–Kier alpha value is -3.12. The maximum Gasteiger partial charge on any atom is 0.243 e. The van der Waals surface area contributed by atoms with Gasteiger partial charge in [-0.1, -0.05) is 76.6 Å². The van der Waals surface area contributed by atoms with Gasteiger partial charge < -0.3 is 15.0 Å². The second kappa shape index (κ2) is 13.3. The molecule has 0 unspecified atom stereocenters. The number of nitrogens with zero attached hydrogens (tertiary/aromatic N) is 1. The molecule has 190 valence electrons. The second-order valence-electron chi connectivity index (χ2n) is 9.86. The van der Waals surface area contributed by atoms with Crippen molar-refractivity contribution >= 4 is 27.7 Å². The Morgan fingerprint density at radius 1 is 0.917 bits per heavy atom. The van der Waals surface area contributed by atoms with E-state index in [1.165, 1.54) is 0 Å². The number of carbonyl (C=O) groups is 2. The molecular weight excluding hydrogens is 516 g/mol. The summed E-state index contributed by atoms with van der Waals surface area (Å²) in [4.78, 5) is 28.9. The lowest BCUT2D eigenvalue weighted by Crippen LogP contribution is -2.54. The topological polar surface area (TPSA) is 58.6 Å². The van der Waals surface area contributed by atoms with Crippen molar-refractivity contribution in [1.82, 2.24) is 10.2 Å². The minimum absolute atomic E-state index is 0.0726. The van der Waals surface area contributed by atoms with Crippen molar-refractivity contribution in [3.05, 3.63) is 101 Å². The number of hydrogen-bond donors (Lipinski definition) is 1. The monoisotopic (exact) mass is 550 g/mol. The molecule has 0 saturated heterocycles. The van der Waals surface area contributed by atoms with E-state index >= 15 is 0 Å². The molecule has 6 heteroatoms. The van der Waals surface area contributed by atoms with Crippen molar-refractivity contribution in [2.75, 3.05) is 6.61 Å². The minimum Gasteiger partial charge on any atom is -0.494 e. The van der Waals surface area contributed by atoms with Gasteiger partial charge in [0.2, 0.25) is 11.8 Å². The molecule has 0 spiro atoms. The number of hydrogen-bond acceptors (Lipinski definition) is 3. The lowest BCUT2D eigenvalue weighted by Gasteiger charge is -2.34. The van der Waals surface area contributed by atoms with Gasteiger partial charge in [0.15, 0.2) is 0 Å². The summed E-state index contributed by atoms with van der Waals surface area (Å²) in [5.74, 6) is 0.550. The molecule has 1 N–H and O–H groups in total. The van der Waals surface area contributed by atoms with Gasteiger partial charge in [0, 0.05) is 29.4 Å². The van der Waals surface area contributed by atoms with E-state index < -0.39 is 11.6 Å². The fourth-order valence-corrected chi connectivity index (χ4v) is 4.36. The third kappa shape index (κ3) is 9.15. The van der Waals surface area contributed by atoms with Crippen molar-refractivity contribution in [3.8, 4) is 5.75 Å². The molecule has 0 fully saturated rings. The molecule has 0 heterocycles. The summed E-state index contributed by atoms with van der Waals surface area (Å²) < 4.78 is 6.72. The first-order valence-corrected chi connectivity index (χ1v) is 13.1. The van der Waals surface area contributed by atoms with Gasteiger partial charge in [-0.3, -0.25) is 9.59 Å². The van der Waals surface area contributed by atoms with E-state index in [9.17, 15) is 9.59 Å². The van der Waals surface area contributed by atoms with Gasteiger partial charge >= 0.3 is 0 Å². The van der Waals surface area contributed by atoms with Crippen LogP contribution in [0.15, 0.2) is 89.4 Å². The average molecular weight is 552 g/mol. The molecule has 0 aliphatic carbocycles. The molecular formula is C30H35BrN2O3. The van der Waals surface area contributed by atoms with Gasteiger partial charge in [-0.05, 0) is 62.6 Å². The van der Waals surface area contributed by atoms with E-state index in [-0.39, 0.29) is 18.2 Å². The summed E-state index contributed by atoms with van der Waals surface area (Å²) >= 11 is 3.52. The molecule has 0 bridgehead atoms. The van der Waals surface area contributed by atoms with Crippen LogP contribution in [-0.4, -0.2) is 34.9 Å². The summed E-state index contributed by atoms with van der Waals surface area (Å²) in [6.07, 6.45) is 1.28. The number of para-hydroxylation sites is 1. The quantitative estimate of drug-likeness (QED) is 0.291. The number of benzene rings is 3. The predicted octanol–water partition coefficient (Wildman–Crippen LogP) is 6.16. The maximum absolute atomic E-state index is 13.6. The Balaban J connectivity index is 1.82. The Morgan fingerprint density at radius 3 is 2.19 bits per heavy atom. The molecule has 0 saturated carbocycles. The molecule has 0 radical (unpaired) electrons. The van der Waals surface area contributed by atoms with Crippen LogP contribution >= 0.6 is 15.9 Å². The summed E-state index contributed by atoms with van der Waals surface area (Å²) in [5, 5.41) is 3.09. The smallest absolute Gasteiger partial charge is 0.243 e. The molecule has 5 nitrogen and oxygen atoms in total. The van der Waals surface area contributed by atoms with Gasteiger partial charge in [0.05, 0.1) is 6.61 Å². The van der Waals surface area contributed by atoms with Crippen molar-refractivity contribution in [2.45, 2.75) is 58.2 Å². The van der Waals surface area contributed by atoms with Gasteiger partial charge in [-0.2, -0.15) is 0 Å². The van der Waals surface area contributed by atoms with Crippen LogP contribution in [0.4, 0.5) is 0 Å². The minimum atomic E-state index is -0.645. The third-order valence-corrected chi connectivity index (χ3v) is 6.05. The molecule has 0 aromatic heterocycles. The summed E-state index contributed by atoms with van der Waals surface area (Å²) in [5.41, 5.74) is 1.55. The van der Waals surface area contributed by atoms with Crippen molar-refractivity contribution in [3.63, 3.8) is 0 Å². The van der Waals surface area contributed by atoms with Crippen LogP contribution < -0.4 is 10.1 Å². The average Bonchev–Trinajstić information content (AvgIpc) is 2.84. The van der Waals surface area contributed by atoms with E-state index in [1.807, 2.05) is 106 Å². The van der Waals surface area contributed by atoms with Crippen molar-refractivity contribution in [2.24, 2.45) is 0 Å². The highest BCUT2D eigenvalue weighted by atomic mass is 79.9. The van der Waals surface area contributed by atoms with E-state index in [0.29, 0.717) is 26.0 Å². The zero-order valence-corrected chi connectivity index (χ0v) is 22.8. The zero-order valence-electron chi connectivity index (χ0n) is 21.2. The zero-order chi connectivity index (χ0) is 26.0. The number of rotatable bonds is 11. The Kier molecular flexibility index (Phi) is 10.1. The van der Waals surface area contributed by atoms with E-state index in [1.54, 1.807) is 4.90 Å². The van der Waals surface area contributed by atoms with Crippen LogP contribution in [0, 0.1) is 0 Å². The molecule has 3 aromatic carbocycles. The summed E-state index contributed by atoms with van der Waals surface area (Å²) in [6.45, 7) is 6.62. The van der Waals surface area contributed by atoms with Crippen molar-refractivity contribution in [1.29, 1.82) is 0 Å². The number of amides is 2. The second-order valence-corrected chi connectivity index (χ2v) is 10.8. The van der Waals surface area contributed by atoms with Crippen LogP contribution in [0.25, 0.3) is 0 Å². The van der Waals surface area contributed by atoms with Crippen molar-refractivity contribution < 1.29 is 14.3 Å². The molecule has 1 atom stereocenters. The van der Waals surface area contributed by atoms with Gasteiger partial charge in [-0.25, -0.2) is 0 Å². The van der Waals surface area contributed by atoms with Gasteiger partial charge in [0.25, 0.3) is 0 Å². The number of halogens is 1. The van der Waals surface area contributed by atoms with E-state index in [4.69, 9.17) is 4.74 Å². The Morgan fingerprint density at radius 2 is 1.56 bits per heavy atom. The Labute approximate surface area is 223 Å². The van der Waals surface area contributed by atoms with Crippen LogP contribution in [0.2, 0.25) is 0 Å². The highest BCUT2D eigenvalue weighted by Gasteiger charge is 2.32. The highest BCUT2D eigenvalue weighted by Crippen LogP contribution is 2.20. The Bertz CT molecular complexity index is 1110. The lowest BCUT2D eigenvalue weighted by molar-refractivity contribution is -0.142. The van der Waals surface area contributed by atoms with Gasteiger partial charge in [-0.15, -0.1) is 0 Å². The molecule has 3 rings (SSSR count). The first kappa shape index (κ1) is 27.5. The van der Waals surface area contributed by atoms with E-state index in [2.05, 4.69) is 21.2 Å².